The summed E-state index contributed by atoms with van der Waals surface area (Å²) < 4.78 is 6.63. The van der Waals surface area contributed by atoms with E-state index in [9.17, 15) is 14.9 Å². The van der Waals surface area contributed by atoms with Crippen LogP contribution < -0.4 is 10.6 Å². The predicted octanol–water partition coefficient (Wildman–Crippen LogP) is 1.65. The Kier molecular flexibility index (Phi) is 5.51. The van der Waals surface area contributed by atoms with E-state index < -0.39 is 16.6 Å². The van der Waals surface area contributed by atoms with Gasteiger partial charge in [-0.3, -0.25) is 4.57 Å². The number of anilines is 1. The number of imidazole rings is 1. The summed E-state index contributed by atoms with van der Waals surface area (Å²) in [7, 11) is 1.67. The van der Waals surface area contributed by atoms with E-state index in [-0.39, 0.29) is 5.82 Å². The van der Waals surface area contributed by atoms with Gasteiger partial charge < -0.3 is 25.5 Å². The van der Waals surface area contributed by atoms with Crippen molar-refractivity contribution >= 4 is 17.7 Å². The van der Waals surface area contributed by atoms with Crippen LogP contribution in [0.4, 0.5) is 16.4 Å². The van der Waals surface area contributed by atoms with E-state index in [0.29, 0.717) is 25.3 Å². The number of carbonyl (C=O) groups excluding carboxylic acids is 1. The lowest BCUT2D eigenvalue weighted by molar-refractivity contribution is -0.388. The van der Waals surface area contributed by atoms with Gasteiger partial charge in [0.25, 0.3) is 0 Å². The Morgan fingerprint density at radius 3 is 2.71 bits per heavy atom. The van der Waals surface area contributed by atoms with Crippen molar-refractivity contribution in [2.24, 2.45) is 7.05 Å². The summed E-state index contributed by atoms with van der Waals surface area (Å²) in [4.78, 5) is 25.3. The SMILES string of the molecule is Cn1cnc([N+](=O)[O-])c1NCCCNC(=O)OC(C)(C)C. The Hall–Kier alpha value is -2.32. The average molecular weight is 299 g/mol. The van der Waals surface area contributed by atoms with Crippen LogP contribution in [0.1, 0.15) is 27.2 Å². The van der Waals surface area contributed by atoms with E-state index in [4.69, 9.17) is 4.74 Å². The molecule has 0 saturated carbocycles. The molecule has 1 aromatic heterocycles. The minimum atomic E-state index is -0.540. The predicted molar refractivity (Wildman–Crippen MR) is 77.2 cm³/mol. The number of amides is 1. The van der Waals surface area contributed by atoms with Crippen molar-refractivity contribution in [3.05, 3.63) is 16.4 Å². The largest absolute Gasteiger partial charge is 0.444 e. The smallest absolute Gasteiger partial charge is 0.407 e. The van der Waals surface area contributed by atoms with E-state index in [0.717, 1.165) is 0 Å². The number of alkyl carbamates (subject to hydrolysis) is 1. The highest BCUT2D eigenvalue weighted by Crippen LogP contribution is 2.20. The summed E-state index contributed by atoms with van der Waals surface area (Å²) in [5, 5.41) is 16.3. The standard InChI is InChI=1S/C12H21N5O4/c1-12(2,3)21-11(18)14-7-5-6-13-9-10(17(19)20)15-8-16(9)4/h8,13H,5-7H2,1-4H3,(H,14,18). The summed E-state index contributed by atoms with van der Waals surface area (Å²) in [5.74, 6) is 0.134. The topological polar surface area (TPSA) is 111 Å². The minimum Gasteiger partial charge on any atom is -0.444 e. The molecule has 0 atom stereocenters. The molecule has 0 aromatic carbocycles. The molecule has 0 unspecified atom stereocenters. The van der Waals surface area contributed by atoms with E-state index in [1.54, 1.807) is 32.4 Å². The van der Waals surface area contributed by atoms with Gasteiger partial charge in [-0.15, -0.1) is 0 Å². The second-order valence-corrected chi connectivity index (χ2v) is 5.49. The lowest BCUT2D eigenvalue weighted by Gasteiger charge is -2.19. The summed E-state index contributed by atoms with van der Waals surface area (Å²) in [6, 6.07) is 0. The number of hydrogen-bond acceptors (Lipinski definition) is 6. The summed E-state index contributed by atoms with van der Waals surface area (Å²) in [6.07, 6.45) is 1.50. The van der Waals surface area contributed by atoms with Crippen LogP contribution in [-0.4, -0.2) is 39.3 Å². The van der Waals surface area contributed by atoms with Gasteiger partial charge in [0.15, 0.2) is 0 Å². The van der Waals surface area contributed by atoms with Gasteiger partial charge in [-0.05, 0) is 37.1 Å². The number of nitrogens with one attached hydrogen (secondary N) is 2. The van der Waals surface area contributed by atoms with Crippen LogP contribution in [0.25, 0.3) is 0 Å². The van der Waals surface area contributed by atoms with Crippen molar-refractivity contribution in [2.75, 3.05) is 18.4 Å². The van der Waals surface area contributed by atoms with Gasteiger partial charge in [-0.2, -0.15) is 0 Å². The van der Waals surface area contributed by atoms with Gasteiger partial charge in [0, 0.05) is 20.1 Å². The molecule has 0 bridgehead atoms. The van der Waals surface area contributed by atoms with Gasteiger partial charge in [0.05, 0.1) is 0 Å². The number of aromatic nitrogens is 2. The number of nitro groups is 1. The van der Waals surface area contributed by atoms with Crippen molar-refractivity contribution in [1.82, 2.24) is 14.9 Å². The molecule has 0 saturated heterocycles. The molecule has 1 amide bonds. The van der Waals surface area contributed by atoms with Crippen LogP contribution in [0.3, 0.4) is 0 Å². The molecule has 0 aliphatic heterocycles. The monoisotopic (exact) mass is 299 g/mol. The number of carbonyl (C=O) groups is 1. The first-order valence-corrected chi connectivity index (χ1v) is 6.57. The van der Waals surface area contributed by atoms with E-state index in [2.05, 4.69) is 15.6 Å². The molecule has 1 heterocycles. The zero-order valence-electron chi connectivity index (χ0n) is 12.7. The van der Waals surface area contributed by atoms with Crippen molar-refractivity contribution in [2.45, 2.75) is 32.8 Å². The molecule has 9 nitrogen and oxygen atoms in total. The lowest BCUT2D eigenvalue weighted by Crippen LogP contribution is -2.33. The molecule has 2 N–H and O–H groups in total. The van der Waals surface area contributed by atoms with Crippen molar-refractivity contribution in [3.8, 4) is 0 Å². The first-order chi connectivity index (χ1) is 9.70. The number of nitrogens with zero attached hydrogens (tertiary/aromatic N) is 3. The zero-order valence-corrected chi connectivity index (χ0v) is 12.7. The third-order valence-electron chi connectivity index (χ3n) is 2.40. The maximum atomic E-state index is 11.4. The zero-order chi connectivity index (χ0) is 16.0. The quantitative estimate of drug-likeness (QED) is 0.469. The van der Waals surface area contributed by atoms with Crippen LogP contribution in [0.2, 0.25) is 0 Å². The molecule has 9 heteroatoms. The highest BCUT2D eigenvalue weighted by atomic mass is 16.6. The number of ether oxygens (including phenoxy) is 1. The molecule has 1 aromatic rings. The molecule has 0 aliphatic carbocycles. The minimum absolute atomic E-state index is 0.211. The Morgan fingerprint density at radius 1 is 1.48 bits per heavy atom. The molecule has 0 radical (unpaired) electrons. The van der Waals surface area contributed by atoms with Crippen molar-refractivity contribution < 1.29 is 14.5 Å². The molecule has 0 aliphatic rings. The first kappa shape index (κ1) is 16.7. The molecular weight excluding hydrogens is 278 g/mol. The van der Waals surface area contributed by atoms with Crippen LogP contribution in [0, 0.1) is 10.1 Å². The van der Waals surface area contributed by atoms with Crippen LogP contribution in [0.5, 0.6) is 0 Å². The van der Waals surface area contributed by atoms with E-state index in [1.165, 1.54) is 6.33 Å². The fourth-order valence-electron chi connectivity index (χ4n) is 1.56. The molecule has 118 valence electrons. The Labute approximate surface area is 122 Å². The Morgan fingerprint density at radius 2 is 2.14 bits per heavy atom. The van der Waals surface area contributed by atoms with Gasteiger partial charge in [0.1, 0.15) is 5.60 Å². The molecule has 0 spiro atoms. The Balaban J connectivity index is 2.31. The summed E-state index contributed by atoms with van der Waals surface area (Å²) in [6.45, 7) is 6.24. The van der Waals surface area contributed by atoms with Crippen LogP contribution in [-0.2, 0) is 11.8 Å². The highest BCUT2D eigenvalue weighted by Gasteiger charge is 2.19. The second-order valence-electron chi connectivity index (χ2n) is 5.49. The van der Waals surface area contributed by atoms with Gasteiger partial charge in [0.2, 0.25) is 12.1 Å². The number of rotatable bonds is 6. The van der Waals surface area contributed by atoms with Gasteiger partial charge in [-0.1, -0.05) is 0 Å². The van der Waals surface area contributed by atoms with Crippen molar-refractivity contribution in [1.29, 1.82) is 0 Å². The fraction of sp³-hybridized carbons (Fsp3) is 0.667. The molecule has 0 fully saturated rings. The van der Waals surface area contributed by atoms with Crippen molar-refractivity contribution in [3.63, 3.8) is 0 Å². The third kappa shape index (κ3) is 5.67. The normalized spacial score (nSPS) is 11.0. The number of hydrogen-bond donors (Lipinski definition) is 2. The molecule has 21 heavy (non-hydrogen) atoms. The number of aryl methyl sites for hydroxylation is 1. The summed E-state index contributed by atoms with van der Waals surface area (Å²) in [5.41, 5.74) is -0.530. The highest BCUT2D eigenvalue weighted by molar-refractivity contribution is 5.67. The molecular formula is C12H21N5O4. The van der Waals surface area contributed by atoms with E-state index >= 15 is 0 Å². The van der Waals surface area contributed by atoms with Gasteiger partial charge >= 0.3 is 11.9 Å². The first-order valence-electron chi connectivity index (χ1n) is 6.57. The maximum Gasteiger partial charge on any atom is 0.407 e. The fourth-order valence-corrected chi connectivity index (χ4v) is 1.56. The second kappa shape index (κ2) is 6.91. The van der Waals surface area contributed by atoms with E-state index in [1.807, 2.05) is 0 Å². The summed E-state index contributed by atoms with van der Waals surface area (Å²) >= 11 is 0. The molecule has 1 rings (SSSR count). The van der Waals surface area contributed by atoms with Gasteiger partial charge in [-0.25, -0.2) is 4.79 Å². The average Bonchev–Trinajstić information content (AvgIpc) is 2.68. The lowest BCUT2D eigenvalue weighted by atomic mass is 10.2. The Bertz CT molecular complexity index is 506. The third-order valence-corrected chi connectivity index (χ3v) is 2.40. The maximum absolute atomic E-state index is 11.4. The van der Waals surface area contributed by atoms with Crippen LogP contribution in [0.15, 0.2) is 6.33 Å². The van der Waals surface area contributed by atoms with Crippen LogP contribution >= 0.6 is 0 Å².